The Bertz CT molecular complexity index is 195. The summed E-state index contributed by atoms with van der Waals surface area (Å²) in [5, 5.41) is 0. The standard InChI is InChI=1S/C8H12N2.C4H10/c1-2-3-4-8-5-6-9-7-10-8;1-3-4-2/h5-7H,2-4H2,1H3;3-4H2,1-2H3. The Kier molecular flexibility index (Phi) is 9.49. The molecule has 0 radical (unpaired) electrons. The number of nitrogens with zero attached hydrogens (tertiary/aromatic N) is 2. The lowest BCUT2D eigenvalue weighted by atomic mass is 10.2. The number of aryl methyl sites for hydroxylation is 1. The molecule has 0 aliphatic carbocycles. The van der Waals surface area contributed by atoms with Gasteiger partial charge in [-0.1, -0.05) is 40.0 Å². The van der Waals surface area contributed by atoms with E-state index in [-0.39, 0.29) is 0 Å². The first-order valence-electron chi connectivity index (χ1n) is 5.60. The maximum absolute atomic E-state index is 4.11. The summed E-state index contributed by atoms with van der Waals surface area (Å²) < 4.78 is 0. The molecule has 0 saturated carbocycles. The van der Waals surface area contributed by atoms with Crippen molar-refractivity contribution < 1.29 is 0 Å². The summed E-state index contributed by atoms with van der Waals surface area (Å²) in [4.78, 5) is 7.95. The van der Waals surface area contributed by atoms with E-state index in [1.165, 1.54) is 25.7 Å². The van der Waals surface area contributed by atoms with E-state index >= 15 is 0 Å². The van der Waals surface area contributed by atoms with E-state index in [1.54, 1.807) is 12.5 Å². The van der Waals surface area contributed by atoms with Gasteiger partial charge in [0.15, 0.2) is 0 Å². The summed E-state index contributed by atoms with van der Waals surface area (Å²) >= 11 is 0. The molecule has 0 unspecified atom stereocenters. The Balaban J connectivity index is 0.000000364. The zero-order chi connectivity index (χ0) is 10.6. The average molecular weight is 194 g/mol. The van der Waals surface area contributed by atoms with Crippen LogP contribution in [0.15, 0.2) is 18.6 Å². The van der Waals surface area contributed by atoms with Gasteiger partial charge in [-0.2, -0.15) is 0 Å². The zero-order valence-electron chi connectivity index (χ0n) is 9.66. The molecule has 0 amide bonds. The second kappa shape index (κ2) is 10.2. The zero-order valence-corrected chi connectivity index (χ0v) is 9.66. The molecule has 1 heterocycles. The summed E-state index contributed by atoms with van der Waals surface area (Å²) in [6.07, 6.45) is 9.56. The lowest BCUT2D eigenvalue weighted by Crippen LogP contribution is -1.88. The predicted octanol–water partition coefficient (Wildman–Crippen LogP) is 3.63. The molecule has 1 rings (SSSR count). The number of unbranched alkanes of at least 4 members (excludes halogenated alkanes) is 2. The van der Waals surface area contributed by atoms with E-state index in [1.807, 2.05) is 6.07 Å². The van der Waals surface area contributed by atoms with Gasteiger partial charge in [-0.3, -0.25) is 0 Å². The van der Waals surface area contributed by atoms with Crippen LogP contribution in [0.4, 0.5) is 0 Å². The highest BCUT2D eigenvalue weighted by Gasteiger charge is 1.89. The molecule has 0 N–H and O–H groups in total. The van der Waals surface area contributed by atoms with Crippen molar-refractivity contribution in [2.45, 2.75) is 52.9 Å². The molecule has 0 bridgehead atoms. The molecular weight excluding hydrogens is 172 g/mol. The molecule has 0 fully saturated rings. The summed E-state index contributed by atoms with van der Waals surface area (Å²) in [5.41, 5.74) is 1.15. The second-order valence-electron chi connectivity index (χ2n) is 3.30. The van der Waals surface area contributed by atoms with Gasteiger partial charge in [0.2, 0.25) is 0 Å². The third-order valence-electron chi connectivity index (χ3n) is 1.93. The SMILES string of the molecule is CCCC.CCCCc1ccncn1. The molecule has 1 aromatic rings. The van der Waals surface area contributed by atoms with Crippen molar-refractivity contribution in [3.63, 3.8) is 0 Å². The normalized spacial score (nSPS) is 9.07. The highest BCUT2D eigenvalue weighted by molar-refractivity contribution is 4.97. The van der Waals surface area contributed by atoms with E-state index in [4.69, 9.17) is 0 Å². The lowest BCUT2D eigenvalue weighted by Gasteiger charge is -1.94. The molecule has 0 spiro atoms. The van der Waals surface area contributed by atoms with Crippen LogP contribution >= 0.6 is 0 Å². The molecule has 0 aliphatic rings. The maximum Gasteiger partial charge on any atom is 0.115 e. The van der Waals surface area contributed by atoms with Crippen LogP contribution in [-0.2, 0) is 6.42 Å². The summed E-state index contributed by atoms with van der Waals surface area (Å²) in [7, 11) is 0. The van der Waals surface area contributed by atoms with Crippen molar-refractivity contribution in [3.8, 4) is 0 Å². The van der Waals surface area contributed by atoms with Crippen LogP contribution in [0, 0.1) is 0 Å². The second-order valence-corrected chi connectivity index (χ2v) is 3.30. The molecule has 80 valence electrons. The average Bonchev–Trinajstić information content (AvgIpc) is 2.28. The first kappa shape index (κ1) is 13.1. The fourth-order valence-electron chi connectivity index (χ4n) is 0.824. The van der Waals surface area contributed by atoms with Gasteiger partial charge in [-0.05, 0) is 18.9 Å². The van der Waals surface area contributed by atoms with Gasteiger partial charge in [-0.25, -0.2) is 9.97 Å². The first-order valence-corrected chi connectivity index (χ1v) is 5.60. The number of hydrogen-bond donors (Lipinski definition) is 0. The third kappa shape index (κ3) is 7.71. The number of rotatable bonds is 4. The lowest BCUT2D eigenvalue weighted by molar-refractivity contribution is 0.773. The smallest absolute Gasteiger partial charge is 0.115 e. The molecule has 0 saturated heterocycles. The van der Waals surface area contributed by atoms with E-state index < -0.39 is 0 Å². The third-order valence-corrected chi connectivity index (χ3v) is 1.93. The Morgan fingerprint density at radius 1 is 1.07 bits per heavy atom. The Hall–Kier alpha value is -0.920. The minimum atomic E-state index is 1.08. The number of aromatic nitrogens is 2. The molecule has 2 heteroatoms. The molecule has 0 aromatic carbocycles. The van der Waals surface area contributed by atoms with E-state index in [0.29, 0.717) is 0 Å². The van der Waals surface area contributed by atoms with Crippen molar-refractivity contribution in [2.75, 3.05) is 0 Å². The van der Waals surface area contributed by atoms with Crippen LogP contribution < -0.4 is 0 Å². The van der Waals surface area contributed by atoms with Crippen molar-refractivity contribution in [1.29, 1.82) is 0 Å². The van der Waals surface area contributed by atoms with Crippen LogP contribution in [0.3, 0.4) is 0 Å². The predicted molar refractivity (Wildman–Crippen MR) is 61.2 cm³/mol. The van der Waals surface area contributed by atoms with Gasteiger partial charge >= 0.3 is 0 Å². The van der Waals surface area contributed by atoms with Crippen molar-refractivity contribution in [3.05, 3.63) is 24.3 Å². The highest BCUT2D eigenvalue weighted by Crippen LogP contribution is 1.98. The fraction of sp³-hybridized carbons (Fsp3) is 0.667. The van der Waals surface area contributed by atoms with Crippen molar-refractivity contribution in [2.24, 2.45) is 0 Å². The Labute approximate surface area is 87.8 Å². The fourth-order valence-corrected chi connectivity index (χ4v) is 0.824. The highest BCUT2D eigenvalue weighted by atomic mass is 14.8. The van der Waals surface area contributed by atoms with Crippen LogP contribution in [0.1, 0.15) is 52.1 Å². The van der Waals surface area contributed by atoms with Gasteiger partial charge in [0.05, 0.1) is 0 Å². The van der Waals surface area contributed by atoms with Gasteiger partial charge in [0, 0.05) is 11.9 Å². The molecule has 1 aromatic heterocycles. The molecule has 0 atom stereocenters. The van der Waals surface area contributed by atoms with Gasteiger partial charge in [0.25, 0.3) is 0 Å². The van der Waals surface area contributed by atoms with Gasteiger partial charge < -0.3 is 0 Å². The molecule has 2 nitrogen and oxygen atoms in total. The van der Waals surface area contributed by atoms with Crippen LogP contribution in [0.2, 0.25) is 0 Å². The van der Waals surface area contributed by atoms with E-state index in [2.05, 4.69) is 30.7 Å². The van der Waals surface area contributed by atoms with Crippen LogP contribution in [0.25, 0.3) is 0 Å². The van der Waals surface area contributed by atoms with Crippen molar-refractivity contribution >= 4 is 0 Å². The number of hydrogen-bond acceptors (Lipinski definition) is 2. The largest absolute Gasteiger partial charge is 0.245 e. The molecule has 14 heavy (non-hydrogen) atoms. The van der Waals surface area contributed by atoms with Crippen molar-refractivity contribution in [1.82, 2.24) is 9.97 Å². The molecular formula is C12H22N2. The summed E-state index contributed by atoms with van der Waals surface area (Å²) in [6.45, 7) is 6.54. The summed E-state index contributed by atoms with van der Waals surface area (Å²) in [5.74, 6) is 0. The van der Waals surface area contributed by atoms with Crippen LogP contribution in [0.5, 0.6) is 0 Å². The maximum atomic E-state index is 4.11. The quantitative estimate of drug-likeness (QED) is 0.731. The summed E-state index contributed by atoms with van der Waals surface area (Å²) in [6, 6.07) is 1.97. The van der Waals surface area contributed by atoms with Crippen LogP contribution in [-0.4, -0.2) is 9.97 Å². The minimum absolute atomic E-state index is 1.08. The Morgan fingerprint density at radius 3 is 2.21 bits per heavy atom. The van der Waals surface area contributed by atoms with Gasteiger partial charge in [0.1, 0.15) is 6.33 Å². The van der Waals surface area contributed by atoms with Gasteiger partial charge in [-0.15, -0.1) is 0 Å². The minimum Gasteiger partial charge on any atom is -0.245 e. The van der Waals surface area contributed by atoms with E-state index in [0.717, 1.165) is 12.1 Å². The first-order chi connectivity index (χ1) is 6.85. The topological polar surface area (TPSA) is 25.8 Å². The molecule has 0 aliphatic heterocycles. The van der Waals surface area contributed by atoms with E-state index in [9.17, 15) is 0 Å². The Morgan fingerprint density at radius 2 is 1.79 bits per heavy atom. The monoisotopic (exact) mass is 194 g/mol.